The topological polar surface area (TPSA) is 75.6 Å². The molecular weight excluding hydrogens is 228 g/mol. The van der Waals surface area contributed by atoms with Crippen molar-refractivity contribution < 1.29 is 4.79 Å². The van der Waals surface area contributed by atoms with Crippen LogP contribution in [-0.2, 0) is 4.79 Å². The summed E-state index contributed by atoms with van der Waals surface area (Å²) in [6, 6.07) is 0.994. The lowest BCUT2D eigenvalue weighted by atomic mass is 9.78. The van der Waals surface area contributed by atoms with Crippen LogP contribution < -0.4 is 11.5 Å². The molecule has 1 saturated heterocycles. The van der Waals surface area contributed by atoms with Crippen molar-refractivity contribution in [2.45, 2.75) is 50.2 Å². The second kappa shape index (κ2) is 5.15. The second-order valence-corrected chi connectivity index (χ2v) is 6.10. The lowest BCUT2D eigenvalue weighted by molar-refractivity contribution is -0.125. The van der Waals surface area contributed by atoms with E-state index >= 15 is 0 Å². The number of nitrogens with two attached hydrogens (primary N) is 2. The molecule has 2 rings (SSSR count). The Kier molecular flexibility index (Phi) is 3.94. The van der Waals surface area contributed by atoms with E-state index in [9.17, 15) is 4.79 Å². The monoisotopic (exact) mass is 254 g/mol. The number of piperazine rings is 1. The highest BCUT2D eigenvalue weighted by Gasteiger charge is 2.40. The number of nitrogens with zero attached hydrogens (tertiary/aromatic N) is 2. The molecule has 5 heteroatoms. The van der Waals surface area contributed by atoms with Crippen molar-refractivity contribution in [3.8, 4) is 0 Å². The van der Waals surface area contributed by atoms with E-state index in [1.807, 2.05) is 0 Å². The van der Waals surface area contributed by atoms with Gasteiger partial charge in [-0.1, -0.05) is 0 Å². The molecule has 1 aliphatic carbocycles. The summed E-state index contributed by atoms with van der Waals surface area (Å²) in [5.74, 6) is -0.339. The number of hydrogen-bond donors (Lipinski definition) is 2. The Morgan fingerprint density at radius 1 is 1.39 bits per heavy atom. The van der Waals surface area contributed by atoms with Crippen molar-refractivity contribution >= 4 is 5.91 Å². The number of rotatable bonds is 2. The van der Waals surface area contributed by atoms with E-state index in [4.69, 9.17) is 11.5 Å². The van der Waals surface area contributed by atoms with Crippen molar-refractivity contribution in [3.05, 3.63) is 0 Å². The molecule has 5 nitrogen and oxygen atoms in total. The molecule has 0 aromatic heterocycles. The van der Waals surface area contributed by atoms with Crippen LogP contribution in [0, 0.1) is 0 Å². The van der Waals surface area contributed by atoms with Gasteiger partial charge < -0.3 is 16.4 Å². The minimum Gasteiger partial charge on any atom is -0.368 e. The fourth-order valence-corrected chi connectivity index (χ4v) is 3.22. The average Bonchev–Trinajstić information content (AvgIpc) is 2.32. The zero-order chi connectivity index (χ0) is 13.3. The zero-order valence-electron chi connectivity index (χ0n) is 11.6. The molecule has 4 N–H and O–H groups in total. The molecule has 2 fully saturated rings. The first-order valence-corrected chi connectivity index (χ1v) is 6.95. The largest absolute Gasteiger partial charge is 0.368 e. The Labute approximate surface area is 109 Å². The summed E-state index contributed by atoms with van der Waals surface area (Å²) >= 11 is 0. The average molecular weight is 254 g/mol. The third kappa shape index (κ3) is 2.68. The maximum atomic E-state index is 11.5. The summed E-state index contributed by atoms with van der Waals surface area (Å²) in [6.45, 7) is 5.47. The maximum absolute atomic E-state index is 11.5. The van der Waals surface area contributed by atoms with Gasteiger partial charge in [0.05, 0.1) is 5.54 Å². The van der Waals surface area contributed by atoms with Crippen LogP contribution >= 0.6 is 0 Å². The predicted molar refractivity (Wildman–Crippen MR) is 72.0 cm³/mol. The van der Waals surface area contributed by atoms with E-state index in [1.165, 1.54) is 0 Å². The third-order valence-corrected chi connectivity index (χ3v) is 4.76. The summed E-state index contributed by atoms with van der Waals surface area (Å²) in [5.41, 5.74) is 10.8. The molecule has 0 spiro atoms. The molecular formula is C13H26N4O. The molecule has 1 heterocycles. The fraction of sp³-hybridized carbons (Fsp3) is 0.923. The number of carbonyl (C=O) groups is 1. The van der Waals surface area contributed by atoms with Gasteiger partial charge in [0.2, 0.25) is 5.91 Å². The van der Waals surface area contributed by atoms with Crippen molar-refractivity contribution in [1.82, 2.24) is 9.80 Å². The maximum Gasteiger partial charge on any atom is 0.237 e. The Morgan fingerprint density at radius 2 is 2.11 bits per heavy atom. The van der Waals surface area contributed by atoms with Gasteiger partial charge in [0.1, 0.15) is 0 Å². The summed E-state index contributed by atoms with van der Waals surface area (Å²) in [6.07, 6.45) is 3.61. The van der Waals surface area contributed by atoms with Crippen LogP contribution in [0.5, 0.6) is 0 Å². The zero-order valence-corrected chi connectivity index (χ0v) is 11.6. The summed E-state index contributed by atoms with van der Waals surface area (Å²) < 4.78 is 0. The molecule has 1 aliphatic heterocycles. The molecule has 3 unspecified atom stereocenters. The highest BCUT2D eigenvalue weighted by atomic mass is 16.1. The lowest BCUT2D eigenvalue weighted by Gasteiger charge is -2.46. The summed E-state index contributed by atoms with van der Waals surface area (Å²) in [7, 11) is 2.17. The van der Waals surface area contributed by atoms with Crippen molar-refractivity contribution in [3.63, 3.8) is 0 Å². The molecule has 18 heavy (non-hydrogen) atoms. The van der Waals surface area contributed by atoms with Crippen molar-refractivity contribution in [1.29, 1.82) is 0 Å². The number of primary amides is 1. The molecule has 3 atom stereocenters. The van der Waals surface area contributed by atoms with Gasteiger partial charge in [-0.05, 0) is 39.7 Å². The second-order valence-electron chi connectivity index (χ2n) is 6.10. The minimum atomic E-state index is -0.782. The summed E-state index contributed by atoms with van der Waals surface area (Å²) in [5, 5.41) is 0. The van der Waals surface area contributed by atoms with Crippen LogP contribution in [-0.4, -0.2) is 60.0 Å². The number of amides is 1. The van der Waals surface area contributed by atoms with Gasteiger partial charge in [-0.3, -0.25) is 9.69 Å². The Bertz CT molecular complexity index is 322. The highest BCUT2D eigenvalue weighted by molar-refractivity contribution is 5.84. The standard InChI is InChI=1S/C13H26N4O/c1-10-9-17(7-6-16(10)2)11-4-3-5-13(15,8-11)12(14)18/h10-11H,3-9,15H2,1-2H3,(H2,14,18). The third-order valence-electron chi connectivity index (χ3n) is 4.76. The van der Waals surface area contributed by atoms with Gasteiger partial charge in [0, 0.05) is 31.7 Å². The van der Waals surface area contributed by atoms with E-state index in [-0.39, 0.29) is 5.91 Å². The van der Waals surface area contributed by atoms with Crippen LogP contribution in [0.15, 0.2) is 0 Å². The normalized spacial score (nSPS) is 39.7. The van der Waals surface area contributed by atoms with E-state index in [1.54, 1.807) is 0 Å². The molecule has 1 amide bonds. The summed E-state index contributed by atoms with van der Waals surface area (Å²) in [4.78, 5) is 16.4. The van der Waals surface area contributed by atoms with Gasteiger partial charge in [-0.2, -0.15) is 0 Å². The van der Waals surface area contributed by atoms with Crippen molar-refractivity contribution in [2.24, 2.45) is 11.5 Å². The minimum absolute atomic E-state index is 0.339. The Hall–Kier alpha value is -0.650. The van der Waals surface area contributed by atoms with Crippen LogP contribution in [0.3, 0.4) is 0 Å². The van der Waals surface area contributed by atoms with Crippen LogP contribution in [0.2, 0.25) is 0 Å². The van der Waals surface area contributed by atoms with E-state index in [0.29, 0.717) is 12.1 Å². The van der Waals surface area contributed by atoms with Gasteiger partial charge >= 0.3 is 0 Å². The highest BCUT2D eigenvalue weighted by Crippen LogP contribution is 2.30. The Morgan fingerprint density at radius 3 is 2.72 bits per heavy atom. The van der Waals surface area contributed by atoms with E-state index in [2.05, 4.69) is 23.8 Å². The molecule has 0 radical (unpaired) electrons. The molecule has 104 valence electrons. The number of hydrogen-bond acceptors (Lipinski definition) is 4. The Balaban J connectivity index is 1.99. The molecule has 0 aromatic rings. The van der Waals surface area contributed by atoms with Crippen LogP contribution in [0.4, 0.5) is 0 Å². The number of carbonyl (C=O) groups excluding carboxylic acids is 1. The van der Waals surface area contributed by atoms with Gasteiger partial charge in [-0.25, -0.2) is 0 Å². The van der Waals surface area contributed by atoms with E-state index < -0.39 is 5.54 Å². The van der Waals surface area contributed by atoms with Gasteiger partial charge in [0.25, 0.3) is 0 Å². The lowest BCUT2D eigenvalue weighted by Crippen LogP contribution is -2.61. The number of likely N-dealkylation sites (N-methyl/N-ethyl adjacent to an activating group) is 1. The van der Waals surface area contributed by atoms with Gasteiger partial charge in [0.15, 0.2) is 0 Å². The van der Waals surface area contributed by atoms with Crippen LogP contribution in [0.1, 0.15) is 32.6 Å². The molecule has 2 aliphatic rings. The molecule has 0 aromatic carbocycles. The first-order valence-electron chi connectivity index (χ1n) is 6.95. The fourth-order valence-electron chi connectivity index (χ4n) is 3.22. The molecule has 0 bridgehead atoms. The van der Waals surface area contributed by atoms with Gasteiger partial charge in [-0.15, -0.1) is 0 Å². The predicted octanol–water partition coefficient (Wildman–Crippen LogP) is -0.252. The van der Waals surface area contributed by atoms with E-state index in [0.717, 1.165) is 45.3 Å². The first kappa shape index (κ1) is 13.8. The van der Waals surface area contributed by atoms with Crippen molar-refractivity contribution in [2.75, 3.05) is 26.7 Å². The smallest absolute Gasteiger partial charge is 0.237 e. The van der Waals surface area contributed by atoms with Crippen LogP contribution in [0.25, 0.3) is 0 Å². The SMILES string of the molecule is CC1CN(C2CCCC(N)(C(N)=O)C2)CCN1C. The first-order chi connectivity index (χ1) is 8.42. The quantitative estimate of drug-likeness (QED) is 0.712. The molecule has 1 saturated carbocycles.